The third kappa shape index (κ3) is 2.23. The molecule has 0 radical (unpaired) electrons. The number of fused-ring (bicyclic) bond motifs is 1. The summed E-state index contributed by atoms with van der Waals surface area (Å²) in [5.41, 5.74) is 0.854. The zero-order chi connectivity index (χ0) is 11.8. The highest BCUT2D eigenvalue weighted by atomic mass is 19.1. The van der Waals surface area contributed by atoms with Crippen molar-refractivity contribution < 1.29 is 4.39 Å². The Morgan fingerprint density at radius 1 is 1.24 bits per heavy atom. The van der Waals surface area contributed by atoms with E-state index in [1.165, 1.54) is 19.3 Å². The highest BCUT2D eigenvalue weighted by molar-refractivity contribution is 5.19. The molecule has 0 heterocycles. The van der Waals surface area contributed by atoms with Gasteiger partial charge in [-0.15, -0.1) is 0 Å². The van der Waals surface area contributed by atoms with E-state index in [0.29, 0.717) is 6.04 Å². The zero-order valence-electron chi connectivity index (χ0n) is 10.3. The van der Waals surface area contributed by atoms with Crippen LogP contribution in [0, 0.1) is 23.6 Å². The molecule has 3 atom stereocenters. The van der Waals surface area contributed by atoms with Gasteiger partial charge in [-0.25, -0.2) is 4.39 Å². The van der Waals surface area contributed by atoms with Gasteiger partial charge in [-0.05, 0) is 62.1 Å². The van der Waals surface area contributed by atoms with Gasteiger partial charge in [0, 0.05) is 6.04 Å². The molecule has 17 heavy (non-hydrogen) atoms. The van der Waals surface area contributed by atoms with Crippen LogP contribution in [0.1, 0.15) is 24.8 Å². The SMILES string of the molecule is CNC(Cc1ccccc1F)C1CC2CC2C1. The second-order valence-electron chi connectivity index (χ2n) is 5.68. The predicted octanol–water partition coefficient (Wildman–Crippen LogP) is 3.00. The topological polar surface area (TPSA) is 12.0 Å². The van der Waals surface area contributed by atoms with Gasteiger partial charge < -0.3 is 5.32 Å². The van der Waals surface area contributed by atoms with Crippen molar-refractivity contribution in [1.29, 1.82) is 0 Å². The lowest BCUT2D eigenvalue weighted by Gasteiger charge is -2.24. The summed E-state index contributed by atoms with van der Waals surface area (Å²) in [6.45, 7) is 0. The van der Waals surface area contributed by atoms with Gasteiger partial charge in [-0.1, -0.05) is 18.2 Å². The Balaban J connectivity index is 1.67. The number of benzene rings is 1. The molecule has 1 nitrogen and oxygen atoms in total. The molecule has 1 aromatic carbocycles. The van der Waals surface area contributed by atoms with Gasteiger partial charge in [-0.2, -0.15) is 0 Å². The molecule has 2 saturated carbocycles. The minimum atomic E-state index is -0.0593. The Morgan fingerprint density at radius 2 is 1.94 bits per heavy atom. The summed E-state index contributed by atoms with van der Waals surface area (Å²) in [5.74, 6) is 2.69. The first-order valence-corrected chi connectivity index (χ1v) is 6.68. The van der Waals surface area contributed by atoms with Crippen molar-refractivity contribution >= 4 is 0 Å². The average Bonchev–Trinajstić information content (AvgIpc) is 2.95. The normalized spacial score (nSPS) is 32.2. The molecular weight excluding hydrogens is 213 g/mol. The lowest BCUT2D eigenvalue weighted by Crippen LogP contribution is -2.35. The Bertz CT molecular complexity index is 394. The van der Waals surface area contributed by atoms with E-state index in [-0.39, 0.29) is 5.82 Å². The Labute approximate surface area is 102 Å². The number of nitrogens with one attached hydrogen (secondary N) is 1. The summed E-state index contributed by atoms with van der Waals surface area (Å²) in [5, 5.41) is 3.39. The van der Waals surface area contributed by atoms with Crippen LogP contribution in [0.2, 0.25) is 0 Å². The van der Waals surface area contributed by atoms with Crippen molar-refractivity contribution in [3.05, 3.63) is 35.6 Å². The molecule has 0 aromatic heterocycles. The number of halogens is 1. The quantitative estimate of drug-likeness (QED) is 0.843. The smallest absolute Gasteiger partial charge is 0.126 e. The summed E-state index contributed by atoms with van der Waals surface area (Å²) in [6.07, 6.45) is 4.98. The van der Waals surface area contributed by atoms with Crippen molar-refractivity contribution in [3.8, 4) is 0 Å². The molecule has 0 amide bonds. The molecule has 2 heteroatoms. The van der Waals surface area contributed by atoms with Gasteiger partial charge in [0.25, 0.3) is 0 Å². The molecule has 0 saturated heterocycles. The van der Waals surface area contributed by atoms with E-state index in [1.54, 1.807) is 12.1 Å². The van der Waals surface area contributed by atoms with Crippen LogP contribution in [-0.2, 0) is 6.42 Å². The van der Waals surface area contributed by atoms with Crippen molar-refractivity contribution in [2.45, 2.75) is 31.7 Å². The van der Waals surface area contributed by atoms with E-state index in [1.807, 2.05) is 19.2 Å². The molecule has 3 rings (SSSR count). The fraction of sp³-hybridized carbons (Fsp3) is 0.600. The molecule has 2 aliphatic carbocycles. The molecular formula is C15H20FN. The largest absolute Gasteiger partial charge is 0.316 e. The van der Waals surface area contributed by atoms with Crippen molar-refractivity contribution in [2.24, 2.45) is 17.8 Å². The Hall–Kier alpha value is -0.890. The van der Waals surface area contributed by atoms with Gasteiger partial charge in [0.1, 0.15) is 5.82 Å². The first-order chi connectivity index (χ1) is 8.28. The predicted molar refractivity (Wildman–Crippen MR) is 67.3 cm³/mol. The summed E-state index contributed by atoms with van der Waals surface area (Å²) in [4.78, 5) is 0. The van der Waals surface area contributed by atoms with Crippen LogP contribution in [0.25, 0.3) is 0 Å². The maximum atomic E-state index is 13.6. The fourth-order valence-electron chi connectivity index (χ4n) is 3.50. The van der Waals surface area contributed by atoms with E-state index in [0.717, 1.165) is 29.7 Å². The standard InChI is InChI=1S/C15H20FN/c1-17-15(13-7-11-6-12(11)8-13)9-10-4-2-3-5-14(10)16/h2-5,11-13,15,17H,6-9H2,1H3. The third-order valence-corrected chi connectivity index (χ3v) is 4.62. The molecule has 1 N–H and O–H groups in total. The molecule has 2 fully saturated rings. The van der Waals surface area contributed by atoms with E-state index in [4.69, 9.17) is 0 Å². The van der Waals surface area contributed by atoms with Gasteiger partial charge in [0.2, 0.25) is 0 Å². The summed E-state index contributed by atoms with van der Waals surface area (Å²) in [6, 6.07) is 7.61. The molecule has 0 aliphatic heterocycles. The number of hydrogen-bond acceptors (Lipinski definition) is 1. The number of hydrogen-bond donors (Lipinski definition) is 1. The number of likely N-dealkylation sites (N-methyl/N-ethyl adjacent to an activating group) is 1. The van der Waals surface area contributed by atoms with Crippen LogP contribution >= 0.6 is 0 Å². The van der Waals surface area contributed by atoms with Crippen LogP contribution in [0.4, 0.5) is 4.39 Å². The second-order valence-corrected chi connectivity index (χ2v) is 5.68. The van der Waals surface area contributed by atoms with Gasteiger partial charge in [0.05, 0.1) is 0 Å². The van der Waals surface area contributed by atoms with Gasteiger partial charge in [-0.3, -0.25) is 0 Å². The monoisotopic (exact) mass is 233 g/mol. The van der Waals surface area contributed by atoms with Crippen LogP contribution < -0.4 is 5.32 Å². The second kappa shape index (κ2) is 4.41. The fourth-order valence-corrected chi connectivity index (χ4v) is 3.50. The van der Waals surface area contributed by atoms with E-state index in [9.17, 15) is 4.39 Å². The first-order valence-electron chi connectivity index (χ1n) is 6.68. The van der Waals surface area contributed by atoms with Crippen LogP contribution in [-0.4, -0.2) is 13.1 Å². The highest BCUT2D eigenvalue weighted by Crippen LogP contribution is 2.55. The maximum absolute atomic E-state index is 13.6. The summed E-state index contributed by atoms with van der Waals surface area (Å²) in [7, 11) is 2.01. The minimum absolute atomic E-state index is 0.0593. The van der Waals surface area contributed by atoms with Crippen molar-refractivity contribution in [2.75, 3.05) is 7.05 Å². The van der Waals surface area contributed by atoms with Crippen molar-refractivity contribution in [3.63, 3.8) is 0 Å². The molecule has 3 unspecified atom stereocenters. The average molecular weight is 233 g/mol. The molecule has 1 aromatic rings. The first kappa shape index (κ1) is 11.2. The zero-order valence-corrected chi connectivity index (χ0v) is 10.3. The lowest BCUT2D eigenvalue weighted by molar-refractivity contribution is 0.346. The van der Waals surface area contributed by atoms with Gasteiger partial charge in [0.15, 0.2) is 0 Å². The third-order valence-electron chi connectivity index (χ3n) is 4.62. The van der Waals surface area contributed by atoms with E-state index in [2.05, 4.69) is 5.32 Å². The van der Waals surface area contributed by atoms with Crippen LogP contribution in [0.5, 0.6) is 0 Å². The number of rotatable bonds is 4. The highest BCUT2D eigenvalue weighted by Gasteiger charge is 2.47. The molecule has 0 spiro atoms. The maximum Gasteiger partial charge on any atom is 0.126 e. The van der Waals surface area contributed by atoms with Crippen molar-refractivity contribution in [1.82, 2.24) is 5.32 Å². The lowest BCUT2D eigenvalue weighted by atomic mass is 9.89. The minimum Gasteiger partial charge on any atom is -0.316 e. The molecule has 92 valence electrons. The van der Waals surface area contributed by atoms with Gasteiger partial charge >= 0.3 is 0 Å². The van der Waals surface area contributed by atoms with Crippen LogP contribution in [0.3, 0.4) is 0 Å². The molecule has 2 aliphatic rings. The Morgan fingerprint density at radius 3 is 2.59 bits per heavy atom. The molecule has 0 bridgehead atoms. The van der Waals surface area contributed by atoms with E-state index >= 15 is 0 Å². The summed E-state index contributed by atoms with van der Waals surface area (Å²) >= 11 is 0. The van der Waals surface area contributed by atoms with Crippen LogP contribution in [0.15, 0.2) is 24.3 Å². The summed E-state index contributed by atoms with van der Waals surface area (Å²) < 4.78 is 13.6. The Kier molecular flexibility index (Phi) is 2.91. The van der Waals surface area contributed by atoms with E-state index < -0.39 is 0 Å².